The summed E-state index contributed by atoms with van der Waals surface area (Å²) >= 11 is 0. The number of rotatable bonds is 2. The van der Waals surface area contributed by atoms with E-state index in [2.05, 4.69) is 4.98 Å². The molecular formula is C6H9NO2. The Kier molecular flexibility index (Phi) is 1.85. The van der Waals surface area contributed by atoms with Crippen molar-refractivity contribution in [2.24, 2.45) is 0 Å². The maximum Gasteiger partial charge on any atom is 0.180 e. The molecule has 0 aliphatic rings. The molecule has 9 heavy (non-hydrogen) atoms. The van der Waals surface area contributed by atoms with E-state index in [4.69, 9.17) is 9.52 Å². The first-order chi connectivity index (χ1) is 4.34. The lowest BCUT2D eigenvalue weighted by Gasteiger charge is -1.99. The van der Waals surface area contributed by atoms with Crippen LogP contribution in [0.15, 0.2) is 17.0 Å². The van der Waals surface area contributed by atoms with E-state index in [0.29, 0.717) is 12.2 Å². The van der Waals surface area contributed by atoms with E-state index >= 15 is 0 Å². The summed E-state index contributed by atoms with van der Waals surface area (Å²) in [6.45, 7) is 1.88. The minimum absolute atomic E-state index is 0.493. The molecule has 0 aromatic carbocycles. The molecule has 0 spiro atoms. The van der Waals surface area contributed by atoms with E-state index in [9.17, 15) is 0 Å². The van der Waals surface area contributed by atoms with Gasteiger partial charge in [-0.3, -0.25) is 0 Å². The predicted octanol–water partition coefficient (Wildman–Crippen LogP) is 1.12. The Labute approximate surface area is 53.3 Å². The van der Waals surface area contributed by atoms with E-state index in [-0.39, 0.29) is 0 Å². The summed E-state index contributed by atoms with van der Waals surface area (Å²) < 4.78 is 4.83. The third kappa shape index (κ3) is 1.29. The summed E-state index contributed by atoms with van der Waals surface area (Å²) in [6, 6.07) is 0. The molecule has 1 unspecified atom stereocenters. The molecule has 1 aromatic rings. The molecule has 0 fully saturated rings. The van der Waals surface area contributed by atoms with Gasteiger partial charge in [-0.05, 0) is 6.42 Å². The van der Waals surface area contributed by atoms with E-state index in [1.54, 1.807) is 0 Å². The molecule has 1 aromatic heterocycles. The Morgan fingerprint density at radius 3 is 3.11 bits per heavy atom. The van der Waals surface area contributed by atoms with Crippen LogP contribution < -0.4 is 0 Å². The normalized spacial score (nSPS) is 13.6. The van der Waals surface area contributed by atoms with Gasteiger partial charge in [-0.15, -0.1) is 0 Å². The van der Waals surface area contributed by atoms with Gasteiger partial charge in [0.15, 0.2) is 12.2 Å². The monoisotopic (exact) mass is 127 g/mol. The average Bonchev–Trinajstić information content (AvgIpc) is 2.37. The van der Waals surface area contributed by atoms with E-state index in [1.807, 2.05) is 6.92 Å². The molecule has 50 valence electrons. The SMILES string of the molecule is CCC(O)c1cnco1. The Bertz CT molecular complexity index is 160. The highest BCUT2D eigenvalue weighted by Gasteiger charge is 2.06. The molecule has 0 radical (unpaired) electrons. The van der Waals surface area contributed by atoms with Crippen LogP contribution in [0.4, 0.5) is 0 Å². The Hall–Kier alpha value is -0.830. The summed E-state index contributed by atoms with van der Waals surface area (Å²) in [5.41, 5.74) is 0. The van der Waals surface area contributed by atoms with Gasteiger partial charge in [-0.2, -0.15) is 0 Å². The first kappa shape index (κ1) is 6.29. The van der Waals surface area contributed by atoms with Gasteiger partial charge >= 0.3 is 0 Å². The van der Waals surface area contributed by atoms with Crippen LogP contribution in [0.2, 0.25) is 0 Å². The van der Waals surface area contributed by atoms with Crippen LogP contribution in [-0.2, 0) is 0 Å². The second-order valence-electron chi connectivity index (χ2n) is 1.83. The van der Waals surface area contributed by atoms with Crippen molar-refractivity contribution in [1.82, 2.24) is 4.98 Å². The fraction of sp³-hybridized carbons (Fsp3) is 0.500. The van der Waals surface area contributed by atoms with Gasteiger partial charge in [0.25, 0.3) is 0 Å². The number of hydrogen-bond acceptors (Lipinski definition) is 3. The molecule has 1 N–H and O–H groups in total. The minimum atomic E-state index is -0.493. The van der Waals surface area contributed by atoms with Crippen molar-refractivity contribution >= 4 is 0 Å². The van der Waals surface area contributed by atoms with Crippen molar-refractivity contribution in [3.8, 4) is 0 Å². The van der Waals surface area contributed by atoms with Crippen LogP contribution in [0.25, 0.3) is 0 Å². The van der Waals surface area contributed by atoms with Crippen LogP contribution in [-0.4, -0.2) is 10.1 Å². The molecule has 0 aliphatic carbocycles. The largest absolute Gasteiger partial charge is 0.446 e. The number of aromatic nitrogens is 1. The quantitative estimate of drug-likeness (QED) is 0.647. The second kappa shape index (κ2) is 2.64. The fourth-order valence-electron chi connectivity index (χ4n) is 0.591. The molecule has 0 saturated carbocycles. The van der Waals surface area contributed by atoms with Gasteiger partial charge < -0.3 is 9.52 Å². The lowest BCUT2D eigenvalue weighted by Crippen LogP contribution is -1.91. The molecule has 1 rings (SSSR count). The molecule has 3 heteroatoms. The van der Waals surface area contributed by atoms with Crippen LogP contribution in [0.3, 0.4) is 0 Å². The van der Waals surface area contributed by atoms with Crippen molar-refractivity contribution in [3.05, 3.63) is 18.4 Å². The Balaban J connectivity index is 2.65. The van der Waals surface area contributed by atoms with E-state index < -0.39 is 6.10 Å². The van der Waals surface area contributed by atoms with Crippen LogP contribution in [0.1, 0.15) is 25.2 Å². The van der Waals surface area contributed by atoms with Crippen molar-refractivity contribution < 1.29 is 9.52 Å². The maximum absolute atomic E-state index is 9.08. The summed E-state index contributed by atoms with van der Waals surface area (Å²) in [6.07, 6.45) is 3.00. The number of hydrogen-bond donors (Lipinski definition) is 1. The van der Waals surface area contributed by atoms with Gasteiger partial charge in [0.05, 0.1) is 6.20 Å². The highest BCUT2D eigenvalue weighted by molar-refractivity contribution is 4.92. The minimum Gasteiger partial charge on any atom is -0.446 e. The van der Waals surface area contributed by atoms with Gasteiger partial charge in [0, 0.05) is 0 Å². The first-order valence-electron chi connectivity index (χ1n) is 2.91. The molecule has 3 nitrogen and oxygen atoms in total. The molecule has 0 aliphatic heterocycles. The zero-order valence-electron chi connectivity index (χ0n) is 5.24. The topological polar surface area (TPSA) is 46.3 Å². The molecular weight excluding hydrogens is 118 g/mol. The van der Waals surface area contributed by atoms with Crippen molar-refractivity contribution in [1.29, 1.82) is 0 Å². The average molecular weight is 127 g/mol. The highest BCUT2D eigenvalue weighted by Crippen LogP contribution is 2.13. The maximum atomic E-state index is 9.08. The lowest BCUT2D eigenvalue weighted by molar-refractivity contribution is 0.146. The summed E-state index contributed by atoms with van der Waals surface area (Å²) in [5.74, 6) is 0.539. The van der Waals surface area contributed by atoms with Gasteiger partial charge in [0.2, 0.25) is 0 Å². The van der Waals surface area contributed by atoms with Crippen molar-refractivity contribution in [2.45, 2.75) is 19.4 Å². The Morgan fingerprint density at radius 2 is 2.67 bits per heavy atom. The predicted molar refractivity (Wildman–Crippen MR) is 31.8 cm³/mol. The molecule has 1 atom stereocenters. The van der Waals surface area contributed by atoms with Gasteiger partial charge in [0.1, 0.15) is 6.10 Å². The lowest BCUT2D eigenvalue weighted by atomic mass is 10.2. The zero-order chi connectivity index (χ0) is 6.69. The third-order valence-corrected chi connectivity index (χ3v) is 1.17. The molecule has 1 heterocycles. The number of nitrogens with zero attached hydrogens (tertiary/aromatic N) is 1. The van der Waals surface area contributed by atoms with Gasteiger partial charge in [-0.25, -0.2) is 4.98 Å². The standard InChI is InChI=1S/C6H9NO2/c1-2-5(8)6-3-7-4-9-6/h3-5,8H,2H2,1H3. The van der Waals surface area contributed by atoms with Crippen LogP contribution in [0, 0.1) is 0 Å². The van der Waals surface area contributed by atoms with Gasteiger partial charge in [-0.1, -0.05) is 6.92 Å². The first-order valence-corrected chi connectivity index (χ1v) is 2.91. The molecule has 0 amide bonds. The summed E-state index contributed by atoms with van der Waals surface area (Å²) in [5, 5.41) is 9.08. The van der Waals surface area contributed by atoms with E-state index in [0.717, 1.165) is 0 Å². The number of aliphatic hydroxyl groups excluding tert-OH is 1. The fourth-order valence-corrected chi connectivity index (χ4v) is 0.591. The third-order valence-electron chi connectivity index (χ3n) is 1.17. The molecule has 0 saturated heterocycles. The van der Waals surface area contributed by atoms with Crippen molar-refractivity contribution in [3.63, 3.8) is 0 Å². The molecule has 0 bridgehead atoms. The Morgan fingerprint density at radius 1 is 1.89 bits per heavy atom. The number of oxazole rings is 1. The number of aliphatic hydroxyl groups is 1. The van der Waals surface area contributed by atoms with Crippen molar-refractivity contribution in [2.75, 3.05) is 0 Å². The zero-order valence-corrected chi connectivity index (χ0v) is 5.24. The second-order valence-corrected chi connectivity index (χ2v) is 1.83. The summed E-state index contributed by atoms with van der Waals surface area (Å²) in [7, 11) is 0. The smallest absolute Gasteiger partial charge is 0.180 e. The van der Waals surface area contributed by atoms with E-state index in [1.165, 1.54) is 12.6 Å². The van der Waals surface area contributed by atoms with Crippen LogP contribution >= 0.6 is 0 Å². The van der Waals surface area contributed by atoms with Crippen LogP contribution in [0.5, 0.6) is 0 Å². The summed E-state index contributed by atoms with van der Waals surface area (Å²) in [4.78, 5) is 3.66. The highest BCUT2D eigenvalue weighted by atomic mass is 16.4.